The van der Waals surface area contributed by atoms with Crippen molar-refractivity contribution in [3.8, 4) is 0 Å². The van der Waals surface area contributed by atoms with Crippen LogP contribution in [0.5, 0.6) is 0 Å². The molecule has 1 N–H and O–H groups in total. The predicted octanol–water partition coefficient (Wildman–Crippen LogP) is 2.86. The number of carbonyl (C=O) groups is 2. The van der Waals surface area contributed by atoms with Crippen LogP contribution in [0.2, 0.25) is 0 Å². The number of aliphatic imine (C=N–C) groups is 1. The Hall–Kier alpha value is -2.02. The number of allylic oxidation sites excluding steroid dienone is 1. The van der Waals surface area contributed by atoms with E-state index in [9.17, 15) is 9.59 Å². The number of nitrogens with zero attached hydrogens (tertiary/aromatic N) is 2. The Morgan fingerprint density at radius 3 is 2.68 bits per heavy atom. The fourth-order valence-corrected chi connectivity index (χ4v) is 4.31. The fraction of sp³-hybridized carbons (Fsp3) is 0.556. The van der Waals surface area contributed by atoms with E-state index in [2.05, 4.69) is 24.2 Å². The molecule has 7 heteroatoms. The molecule has 0 saturated heterocycles. The van der Waals surface area contributed by atoms with E-state index in [0.29, 0.717) is 17.5 Å². The van der Waals surface area contributed by atoms with Gasteiger partial charge in [0.05, 0.1) is 24.6 Å². The Labute approximate surface area is 151 Å². The van der Waals surface area contributed by atoms with Crippen LogP contribution in [0.4, 0.5) is 0 Å². The standard InChI is InChI=1S/C18H23N3O3S/c1-8(2)14(19-10(4)22)17-20-13(7-25-17)16-12-6-11(12)9(3)15(21-16)18(23)24-5/h7-8,11-12,14H,6H2,1-5H3,(H,19,22)/t11?,12-,14-/m0/s1. The normalized spacial score (nSPS) is 23.0. The van der Waals surface area contributed by atoms with E-state index in [4.69, 9.17) is 9.72 Å². The molecule has 1 aromatic rings. The molecule has 134 valence electrons. The second-order valence-corrected chi connectivity index (χ2v) is 7.85. The minimum atomic E-state index is -0.394. The summed E-state index contributed by atoms with van der Waals surface area (Å²) in [5.74, 6) is 0.468. The van der Waals surface area contributed by atoms with Gasteiger partial charge in [-0.3, -0.25) is 4.79 Å². The van der Waals surface area contributed by atoms with Crippen LogP contribution >= 0.6 is 11.3 Å². The Bertz CT molecular complexity index is 778. The predicted molar refractivity (Wildman–Crippen MR) is 96.4 cm³/mol. The third-order valence-electron chi connectivity index (χ3n) is 4.76. The van der Waals surface area contributed by atoms with E-state index in [1.54, 1.807) is 0 Å². The number of carbonyl (C=O) groups excluding carboxylic acids is 2. The number of rotatable bonds is 5. The van der Waals surface area contributed by atoms with Gasteiger partial charge in [0.1, 0.15) is 10.7 Å². The number of thiazole rings is 1. The molecule has 1 unspecified atom stereocenters. The number of esters is 1. The highest BCUT2D eigenvalue weighted by molar-refractivity contribution is 7.10. The highest BCUT2D eigenvalue weighted by Crippen LogP contribution is 2.50. The third kappa shape index (κ3) is 3.38. The number of fused-ring (bicyclic) bond motifs is 1. The van der Waals surface area contributed by atoms with Crippen molar-refractivity contribution >= 4 is 28.9 Å². The van der Waals surface area contributed by atoms with Crippen molar-refractivity contribution in [1.82, 2.24) is 10.3 Å². The average molecular weight is 361 g/mol. The van der Waals surface area contributed by atoms with Crippen LogP contribution in [-0.2, 0) is 14.3 Å². The van der Waals surface area contributed by atoms with E-state index in [1.165, 1.54) is 25.4 Å². The molecule has 2 aliphatic rings. The first-order valence-corrected chi connectivity index (χ1v) is 9.32. The molecule has 6 nitrogen and oxygen atoms in total. The van der Waals surface area contributed by atoms with Crippen molar-refractivity contribution in [2.75, 3.05) is 7.11 Å². The van der Waals surface area contributed by atoms with Gasteiger partial charge in [-0.1, -0.05) is 13.8 Å². The van der Waals surface area contributed by atoms with E-state index in [0.717, 1.165) is 28.4 Å². The maximum Gasteiger partial charge on any atom is 0.356 e. The number of hydrogen-bond donors (Lipinski definition) is 1. The van der Waals surface area contributed by atoms with Crippen LogP contribution in [0, 0.1) is 17.8 Å². The second kappa shape index (κ2) is 6.71. The van der Waals surface area contributed by atoms with Crippen molar-refractivity contribution in [3.63, 3.8) is 0 Å². The molecular weight excluding hydrogens is 338 g/mol. The second-order valence-electron chi connectivity index (χ2n) is 6.96. The number of hydrogen-bond acceptors (Lipinski definition) is 6. The van der Waals surface area contributed by atoms with Crippen molar-refractivity contribution in [1.29, 1.82) is 0 Å². The Morgan fingerprint density at radius 2 is 2.08 bits per heavy atom. The van der Waals surface area contributed by atoms with Gasteiger partial charge in [-0.15, -0.1) is 11.3 Å². The quantitative estimate of drug-likeness (QED) is 0.818. The number of ether oxygens (including phenoxy) is 1. The third-order valence-corrected chi connectivity index (χ3v) is 5.69. The van der Waals surface area contributed by atoms with Gasteiger partial charge in [-0.25, -0.2) is 14.8 Å². The Morgan fingerprint density at radius 1 is 1.36 bits per heavy atom. The highest BCUT2D eigenvalue weighted by atomic mass is 32.1. The molecule has 1 aliphatic heterocycles. The molecule has 1 aliphatic carbocycles. The van der Waals surface area contributed by atoms with Gasteiger partial charge in [0.2, 0.25) is 5.91 Å². The zero-order valence-corrected chi connectivity index (χ0v) is 15.9. The van der Waals surface area contributed by atoms with Crippen LogP contribution in [0.25, 0.3) is 0 Å². The Balaban J connectivity index is 1.92. The summed E-state index contributed by atoms with van der Waals surface area (Å²) in [6.07, 6.45) is 0.997. The van der Waals surface area contributed by atoms with Gasteiger partial charge in [0.25, 0.3) is 0 Å². The van der Waals surface area contributed by atoms with Crippen molar-refractivity contribution in [2.45, 2.75) is 40.2 Å². The van der Waals surface area contributed by atoms with Gasteiger partial charge in [0, 0.05) is 18.2 Å². The van der Waals surface area contributed by atoms with Crippen LogP contribution < -0.4 is 5.32 Å². The summed E-state index contributed by atoms with van der Waals surface area (Å²) in [6, 6.07) is -0.118. The maximum absolute atomic E-state index is 12.0. The van der Waals surface area contributed by atoms with Gasteiger partial charge in [-0.2, -0.15) is 0 Å². The summed E-state index contributed by atoms with van der Waals surface area (Å²) in [5, 5.41) is 5.80. The van der Waals surface area contributed by atoms with Crippen molar-refractivity contribution in [3.05, 3.63) is 27.4 Å². The van der Waals surface area contributed by atoms with Crippen LogP contribution in [0.3, 0.4) is 0 Å². The number of nitrogens with one attached hydrogen (secondary N) is 1. The molecule has 3 atom stereocenters. The van der Waals surface area contributed by atoms with Crippen molar-refractivity contribution < 1.29 is 14.3 Å². The van der Waals surface area contributed by atoms with Crippen LogP contribution in [0.1, 0.15) is 50.9 Å². The van der Waals surface area contributed by atoms with Crippen LogP contribution in [0.15, 0.2) is 21.6 Å². The van der Waals surface area contributed by atoms with E-state index >= 15 is 0 Å². The lowest BCUT2D eigenvalue weighted by molar-refractivity contribution is -0.136. The minimum absolute atomic E-state index is 0.0701. The topological polar surface area (TPSA) is 80.6 Å². The summed E-state index contributed by atoms with van der Waals surface area (Å²) in [5.41, 5.74) is 3.09. The fourth-order valence-electron chi connectivity index (χ4n) is 3.27. The molecule has 1 fully saturated rings. The minimum Gasteiger partial charge on any atom is -0.464 e. The van der Waals surface area contributed by atoms with Gasteiger partial charge >= 0.3 is 5.97 Å². The molecular formula is C18H23N3O3S. The summed E-state index contributed by atoms with van der Waals surface area (Å²) >= 11 is 1.52. The first-order chi connectivity index (χ1) is 11.8. The zero-order valence-electron chi connectivity index (χ0n) is 15.1. The molecule has 0 aromatic carbocycles. The molecule has 2 heterocycles. The molecule has 0 bridgehead atoms. The number of aromatic nitrogens is 1. The monoisotopic (exact) mass is 361 g/mol. The van der Waals surface area contributed by atoms with Crippen molar-refractivity contribution in [2.24, 2.45) is 22.7 Å². The maximum atomic E-state index is 12.0. The molecule has 0 radical (unpaired) electrons. The first-order valence-electron chi connectivity index (χ1n) is 8.44. The lowest BCUT2D eigenvalue weighted by Crippen LogP contribution is -2.29. The number of methoxy groups -OCH3 is 1. The Kier molecular flexibility index (Phi) is 4.77. The van der Waals surface area contributed by atoms with E-state index in [-0.39, 0.29) is 17.9 Å². The smallest absolute Gasteiger partial charge is 0.356 e. The van der Waals surface area contributed by atoms with Crippen LogP contribution in [-0.4, -0.2) is 29.7 Å². The molecule has 0 spiro atoms. The molecule has 1 saturated carbocycles. The number of amides is 1. The summed E-state index contributed by atoms with van der Waals surface area (Å²) in [4.78, 5) is 32.8. The zero-order chi connectivity index (χ0) is 18.3. The molecule has 25 heavy (non-hydrogen) atoms. The summed E-state index contributed by atoms with van der Waals surface area (Å²) in [7, 11) is 1.37. The van der Waals surface area contributed by atoms with Gasteiger partial charge in [-0.05, 0) is 30.8 Å². The van der Waals surface area contributed by atoms with E-state index in [1.807, 2.05) is 12.3 Å². The first kappa shape index (κ1) is 17.8. The largest absolute Gasteiger partial charge is 0.464 e. The summed E-state index contributed by atoms with van der Waals surface area (Å²) in [6.45, 7) is 7.58. The van der Waals surface area contributed by atoms with Gasteiger partial charge < -0.3 is 10.1 Å². The molecule has 1 aromatic heterocycles. The molecule has 1 amide bonds. The molecule has 3 rings (SSSR count). The highest BCUT2D eigenvalue weighted by Gasteiger charge is 2.48. The summed E-state index contributed by atoms with van der Waals surface area (Å²) < 4.78 is 4.86. The van der Waals surface area contributed by atoms with Gasteiger partial charge in [0.15, 0.2) is 0 Å². The lowest BCUT2D eigenvalue weighted by Gasteiger charge is -2.19. The average Bonchev–Trinajstić information content (AvgIpc) is 3.22. The SMILES string of the molecule is COC(=O)C1=C(C)C2C[C@@H]2C(c2csc([C@@H](NC(C)=O)C(C)C)n2)=N1. The van der Waals surface area contributed by atoms with E-state index < -0.39 is 5.97 Å². The lowest BCUT2D eigenvalue weighted by atomic mass is 10.0.